The SMILES string of the molecule is C=C(C)C(N)c1ccoc1C. The van der Waals surface area contributed by atoms with Crippen LogP contribution in [-0.2, 0) is 0 Å². The fourth-order valence-corrected chi connectivity index (χ4v) is 0.983. The quantitative estimate of drug-likeness (QED) is 0.658. The van der Waals surface area contributed by atoms with Crippen LogP contribution in [0.4, 0.5) is 0 Å². The van der Waals surface area contributed by atoms with Crippen molar-refractivity contribution in [2.24, 2.45) is 5.73 Å². The molecule has 0 aliphatic heterocycles. The minimum atomic E-state index is -0.0891. The number of furan rings is 1. The molecule has 1 aromatic heterocycles. The van der Waals surface area contributed by atoms with E-state index in [1.807, 2.05) is 19.9 Å². The molecule has 1 heterocycles. The monoisotopic (exact) mass is 151 g/mol. The van der Waals surface area contributed by atoms with Crippen LogP contribution in [0.25, 0.3) is 0 Å². The Morgan fingerprint density at radius 2 is 2.36 bits per heavy atom. The zero-order chi connectivity index (χ0) is 8.43. The second-order valence-electron chi connectivity index (χ2n) is 2.76. The van der Waals surface area contributed by atoms with Crippen molar-refractivity contribution in [1.29, 1.82) is 0 Å². The van der Waals surface area contributed by atoms with Crippen LogP contribution < -0.4 is 5.73 Å². The number of hydrogen-bond donors (Lipinski definition) is 1. The average molecular weight is 151 g/mol. The van der Waals surface area contributed by atoms with Gasteiger partial charge in [0.1, 0.15) is 5.76 Å². The van der Waals surface area contributed by atoms with Crippen molar-refractivity contribution in [2.45, 2.75) is 19.9 Å². The molecule has 11 heavy (non-hydrogen) atoms. The van der Waals surface area contributed by atoms with E-state index in [0.29, 0.717) is 0 Å². The summed E-state index contributed by atoms with van der Waals surface area (Å²) < 4.78 is 5.11. The molecule has 0 amide bonds. The summed E-state index contributed by atoms with van der Waals surface area (Å²) >= 11 is 0. The van der Waals surface area contributed by atoms with E-state index in [4.69, 9.17) is 10.2 Å². The Kier molecular flexibility index (Phi) is 2.15. The van der Waals surface area contributed by atoms with Gasteiger partial charge in [-0.1, -0.05) is 12.2 Å². The number of nitrogens with two attached hydrogens (primary N) is 1. The molecule has 0 saturated carbocycles. The Labute approximate surface area is 66.7 Å². The van der Waals surface area contributed by atoms with Crippen molar-refractivity contribution in [3.63, 3.8) is 0 Å². The highest BCUT2D eigenvalue weighted by atomic mass is 16.3. The fraction of sp³-hybridized carbons (Fsp3) is 0.333. The Hall–Kier alpha value is -1.02. The standard InChI is InChI=1S/C9H13NO/c1-6(2)9(10)8-4-5-11-7(8)3/h4-5,9H,1,10H2,2-3H3. The summed E-state index contributed by atoms with van der Waals surface area (Å²) in [7, 11) is 0. The van der Waals surface area contributed by atoms with E-state index in [1.54, 1.807) is 6.26 Å². The summed E-state index contributed by atoms with van der Waals surface area (Å²) in [6, 6.07) is 1.79. The molecule has 1 atom stereocenters. The topological polar surface area (TPSA) is 39.2 Å². The summed E-state index contributed by atoms with van der Waals surface area (Å²) in [5.41, 5.74) is 7.80. The normalized spacial score (nSPS) is 13.0. The van der Waals surface area contributed by atoms with E-state index >= 15 is 0 Å². The molecule has 2 N–H and O–H groups in total. The number of aryl methyl sites for hydroxylation is 1. The van der Waals surface area contributed by atoms with E-state index in [1.165, 1.54) is 0 Å². The third-order valence-corrected chi connectivity index (χ3v) is 1.76. The zero-order valence-electron chi connectivity index (χ0n) is 6.92. The molecule has 1 unspecified atom stereocenters. The lowest BCUT2D eigenvalue weighted by atomic mass is 10.0. The summed E-state index contributed by atoms with van der Waals surface area (Å²) in [4.78, 5) is 0. The van der Waals surface area contributed by atoms with Gasteiger partial charge in [-0.15, -0.1) is 0 Å². The van der Waals surface area contributed by atoms with E-state index in [0.717, 1.165) is 16.9 Å². The first kappa shape index (κ1) is 8.08. The summed E-state index contributed by atoms with van der Waals surface area (Å²) in [6.45, 7) is 7.60. The first-order chi connectivity index (χ1) is 5.13. The predicted octanol–water partition coefficient (Wildman–Crippen LogP) is 2.16. The predicted molar refractivity (Wildman–Crippen MR) is 45.2 cm³/mol. The third-order valence-electron chi connectivity index (χ3n) is 1.76. The van der Waals surface area contributed by atoms with Crippen molar-refractivity contribution in [3.8, 4) is 0 Å². The van der Waals surface area contributed by atoms with Gasteiger partial charge in [0.25, 0.3) is 0 Å². The summed E-state index contributed by atoms with van der Waals surface area (Å²) in [5, 5.41) is 0. The molecule has 0 aromatic carbocycles. The smallest absolute Gasteiger partial charge is 0.105 e. The largest absolute Gasteiger partial charge is 0.469 e. The molecule has 0 radical (unpaired) electrons. The molecule has 60 valence electrons. The molecule has 1 aromatic rings. The van der Waals surface area contributed by atoms with Crippen LogP contribution in [0, 0.1) is 6.92 Å². The van der Waals surface area contributed by atoms with Crippen molar-refractivity contribution >= 4 is 0 Å². The van der Waals surface area contributed by atoms with Gasteiger partial charge in [-0.3, -0.25) is 0 Å². The van der Waals surface area contributed by atoms with Crippen LogP contribution in [0.3, 0.4) is 0 Å². The van der Waals surface area contributed by atoms with Crippen molar-refractivity contribution in [3.05, 3.63) is 35.8 Å². The molecule has 0 fully saturated rings. The van der Waals surface area contributed by atoms with Crippen molar-refractivity contribution in [1.82, 2.24) is 0 Å². The summed E-state index contributed by atoms with van der Waals surface area (Å²) in [6.07, 6.45) is 1.65. The molecule has 0 saturated heterocycles. The minimum Gasteiger partial charge on any atom is -0.469 e. The highest BCUT2D eigenvalue weighted by molar-refractivity contribution is 5.26. The molecular weight excluding hydrogens is 138 g/mol. The van der Waals surface area contributed by atoms with Gasteiger partial charge >= 0.3 is 0 Å². The van der Waals surface area contributed by atoms with Gasteiger partial charge < -0.3 is 10.2 Å². The van der Waals surface area contributed by atoms with Gasteiger partial charge in [0, 0.05) is 5.56 Å². The van der Waals surface area contributed by atoms with Crippen LogP contribution in [0.15, 0.2) is 28.9 Å². The molecule has 2 nitrogen and oxygen atoms in total. The van der Waals surface area contributed by atoms with Gasteiger partial charge in [0.15, 0.2) is 0 Å². The molecule has 0 bridgehead atoms. The molecular formula is C9H13NO. The molecule has 1 rings (SSSR count). The van der Waals surface area contributed by atoms with Crippen LogP contribution in [0.1, 0.15) is 24.3 Å². The fourth-order valence-electron chi connectivity index (χ4n) is 0.983. The molecule has 0 aliphatic rings. The van der Waals surface area contributed by atoms with E-state index in [2.05, 4.69) is 6.58 Å². The van der Waals surface area contributed by atoms with Gasteiger partial charge in [0.2, 0.25) is 0 Å². The zero-order valence-corrected chi connectivity index (χ0v) is 6.92. The summed E-state index contributed by atoms with van der Waals surface area (Å²) in [5.74, 6) is 0.875. The lowest BCUT2D eigenvalue weighted by Gasteiger charge is -2.08. The van der Waals surface area contributed by atoms with Crippen LogP contribution >= 0.6 is 0 Å². The number of hydrogen-bond acceptors (Lipinski definition) is 2. The molecule has 0 aliphatic carbocycles. The third kappa shape index (κ3) is 1.52. The van der Waals surface area contributed by atoms with Crippen molar-refractivity contribution in [2.75, 3.05) is 0 Å². The lowest BCUT2D eigenvalue weighted by Crippen LogP contribution is -2.10. The second kappa shape index (κ2) is 2.93. The maximum absolute atomic E-state index is 5.82. The van der Waals surface area contributed by atoms with Gasteiger partial charge in [0.05, 0.1) is 12.3 Å². The second-order valence-corrected chi connectivity index (χ2v) is 2.76. The first-order valence-electron chi connectivity index (χ1n) is 3.58. The van der Waals surface area contributed by atoms with Gasteiger partial charge in [-0.25, -0.2) is 0 Å². The van der Waals surface area contributed by atoms with E-state index < -0.39 is 0 Å². The first-order valence-corrected chi connectivity index (χ1v) is 3.58. The van der Waals surface area contributed by atoms with E-state index in [-0.39, 0.29) is 6.04 Å². The van der Waals surface area contributed by atoms with Crippen LogP contribution in [0.5, 0.6) is 0 Å². The minimum absolute atomic E-state index is 0.0891. The Morgan fingerprint density at radius 3 is 2.73 bits per heavy atom. The maximum Gasteiger partial charge on any atom is 0.105 e. The Bertz CT molecular complexity index is 262. The Balaban J connectivity index is 2.92. The highest BCUT2D eigenvalue weighted by Gasteiger charge is 2.10. The van der Waals surface area contributed by atoms with Crippen LogP contribution in [0.2, 0.25) is 0 Å². The lowest BCUT2D eigenvalue weighted by molar-refractivity contribution is 0.527. The van der Waals surface area contributed by atoms with Gasteiger partial charge in [-0.2, -0.15) is 0 Å². The Morgan fingerprint density at radius 1 is 1.73 bits per heavy atom. The van der Waals surface area contributed by atoms with Crippen LogP contribution in [-0.4, -0.2) is 0 Å². The van der Waals surface area contributed by atoms with Gasteiger partial charge in [-0.05, 0) is 19.9 Å². The molecule has 2 heteroatoms. The average Bonchev–Trinajstić information content (AvgIpc) is 2.33. The number of rotatable bonds is 2. The highest BCUT2D eigenvalue weighted by Crippen LogP contribution is 2.21. The molecule has 0 spiro atoms. The van der Waals surface area contributed by atoms with Crippen molar-refractivity contribution < 1.29 is 4.42 Å². The maximum atomic E-state index is 5.82. The van der Waals surface area contributed by atoms with E-state index in [9.17, 15) is 0 Å².